The van der Waals surface area contributed by atoms with Gasteiger partial charge in [-0.25, -0.2) is 13.6 Å². The molecule has 122 valence electrons. The van der Waals surface area contributed by atoms with Gasteiger partial charge < -0.3 is 20.3 Å². The van der Waals surface area contributed by atoms with Gasteiger partial charge in [-0.1, -0.05) is 6.07 Å². The average Bonchev–Trinajstić information content (AvgIpc) is 2.92. The summed E-state index contributed by atoms with van der Waals surface area (Å²) in [7, 11) is 0. The van der Waals surface area contributed by atoms with Crippen molar-refractivity contribution >= 4 is 22.5 Å². The van der Waals surface area contributed by atoms with Crippen molar-refractivity contribution in [1.29, 1.82) is 0 Å². The molecule has 2 amide bonds. The van der Waals surface area contributed by atoms with Crippen molar-refractivity contribution in [2.24, 2.45) is 0 Å². The van der Waals surface area contributed by atoms with Crippen LogP contribution in [0.4, 0.5) is 19.3 Å². The zero-order valence-electron chi connectivity index (χ0n) is 12.1. The Balaban J connectivity index is 1.82. The minimum atomic E-state index is -2.91. The molecule has 1 aromatic carbocycles. The van der Waals surface area contributed by atoms with E-state index in [1.807, 2.05) is 0 Å². The molecule has 1 aliphatic heterocycles. The summed E-state index contributed by atoms with van der Waals surface area (Å²) < 4.78 is 25.6. The van der Waals surface area contributed by atoms with Gasteiger partial charge in [0.1, 0.15) is 5.60 Å². The number of aromatic amines is 1. The number of rotatable bonds is 2. The Morgan fingerprint density at radius 3 is 2.83 bits per heavy atom. The molecular weight excluding hydrogens is 308 g/mol. The molecule has 0 radical (unpaired) electrons. The molecule has 1 fully saturated rings. The number of hydrogen-bond acceptors (Lipinski definition) is 3. The molecule has 0 saturated carbocycles. The van der Waals surface area contributed by atoms with Gasteiger partial charge in [-0.05, 0) is 18.2 Å². The summed E-state index contributed by atoms with van der Waals surface area (Å²) in [5.41, 5.74) is -2.04. The van der Waals surface area contributed by atoms with Crippen LogP contribution in [0.1, 0.15) is 6.42 Å². The molecule has 23 heavy (non-hydrogen) atoms. The number of aromatic nitrogens is 1. The van der Waals surface area contributed by atoms with E-state index < -0.39 is 24.6 Å². The lowest BCUT2D eigenvalue weighted by Gasteiger charge is -2.22. The Morgan fingerprint density at radius 1 is 1.35 bits per heavy atom. The SMILES string of the molecule is O=C(Nc1cccc2c(=O)[nH]ccc12)N1CCC(O)(C(F)F)C1. The van der Waals surface area contributed by atoms with E-state index in [2.05, 4.69) is 10.3 Å². The summed E-state index contributed by atoms with van der Waals surface area (Å²) in [6.45, 7) is -0.389. The first-order chi connectivity index (χ1) is 10.9. The van der Waals surface area contributed by atoms with Crippen LogP contribution in [0, 0.1) is 0 Å². The van der Waals surface area contributed by atoms with Gasteiger partial charge >= 0.3 is 6.03 Å². The van der Waals surface area contributed by atoms with Crippen molar-refractivity contribution in [3.63, 3.8) is 0 Å². The number of benzene rings is 1. The number of nitrogens with one attached hydrogen (secondary N) is 2. The zero-order chi connectivity index (χ0) is 16.6. The minimum Gasteiger partial charge on any atom is -0.382 e. The molecule has 2 aromatic rings. The molecule has 1 saturated heterocycles. The first kappa shape index (κ1) is 15.4. The molecule has 6 nitrogen and oxygen atoms in total. The van der Waals surface area contributed by atoms with Crippen molar-refractivity contribution in [3.8, 4) is 0 Å². The van der Waals surface area contributed by atoms with Crippen LogP contribution in [0.2, 0.25) is 0 Å². The third-order valence-corrected chi connectivity index (χ3v) is 4.03. The largest absolute Gasteiger partial charge is 0.382 e. The lowest BCUT2D eigenvalue weighted by molar-refractivity contribution is -0.0850. The van der Waals surface area contributed by atoms with E-state index in [0.717, 1.165) is 4.90 Å². The summed E-state index contributed by atoms with van der Waals surface area (Å²) in [5.74, 6) is 0. The Kier molecular flexibility index (Phi) is 3.77. The highest BCUT2D eigenvalue weighted by Gasteiger charge is 2.45. The van der Waals surface area contributed by atoms with Crippen molar-refractivity contribution < 1.29 is 18.7 Å². The first-order valence-corrected chi connectivity index (χ1v) is 7.07. The molecule has 1 atom stereocenters. The summed E-state index contributed by atoms with van der Waals surface area (Å²) in [4.78, 5) is 27.6. The number of hydrogen-bond donors (Lipinski definition) is 3. The number of urea groups is 1. The van der Waals surface area contributed by atoms with Crippen LogP contribution in [0.5, 0.6) is 0 Å². The number of likely N-dealkylation sites (tertiary alicyclic amines) is 1. The topological polar surface area (TPSA) is 85.4 Å². The van der Waals surface area contributed by atoms with Crippen molar-refractivity contribution in [1.82, 2.24) is 9.88 Å². The first-order valence-electron chi connectivity index (χ1n) is 7.07. The third kappa shape index (κ3) is 2.77. The highest BCUT2D eigenvalue weighted by molar-refractivity contribution is 6.01. The second-order valence-corrected chi connectivity index (χ2v) is 5.58. The average molecular weight is 323 g/mol. The molecule has 8 heteroatoms. The predicted molar refractivity (Wildman–Crippen MR) is 80.7 cm³/mol. The zero-order valence-corrected chi connectivity index (χ0v) is 12.1. The molecule has 1 aromatic heterocycles. The standard InChI is InChI=1S/C15H15F2N3O3/c16-13(17)15(23)5-7-20(8-15)14(22)19-11-3-1-2-10-9(11)4-6-18-12(10)21/h1-4,6,13,23H,5,7-8H2,(H,18,21)(H,19,22). The number of H-pyrrole nitrogens is 1. The van der Waals surface area contributed by atoms with Crippen LogP contribution in [0.3, 0.4) is 0 Å². The quantitative estimate of drug-likeness (QED) is 0.787. The molecular formula is C15H15F2N3O3. The number of halogens is 2. The van der Waals surface area contributed by atoms with Crippen molar-refractivity contribution in [2.75, 3.05) is 18.4 Å². The van der Waals surface area contributed by atoms with Gasteiger partial charge in [0.15, 0.2) is 0 Å². The summed E-state index contributed by atoms with van der Waals surface area (Å²) >= 11 is 0. The minimum absolute atomic E-state index is 0.0397. The monoisotopic (exact) mass is 323 g/mol. The number of alkyl halides is 2. The van der Waals surface area contributed by atoms with E-state index in [4.69, 9.17) is 0 Å². The van der Waals surface area contributed by atoms with Gasteiger partial charge in [-0.2, -0.15) is 0 Å². The number of pyridine rings is 1. The smallest absolute Gasteiger partial charge is 0.321 e. The van der Waals surface area contributed by atoms with Crippen LogP contribution in [-0.2, 0) is 0 Å². The Morgan fingerprint density at radius 2 is 2.13 bits per heavy atom. The van der Waals surface area contributed by atoms with Gasteiger partial charge in [0.2, 0.25) is 0 Å². The lowest BCUT2D eigenvalue weighted by atomic mass is 10.1. The maximum absolute atomic E-state index is 12.8. The van der Waals surface area contributed by atoms with E-state index in [-0.39, 0.29) is 18.5 Å². The van der Waals surface area contributed by atoms with Crippen LogP contribution < -0.4 is 10.9 Å². The van der Waals surface area contributed by atoms with Crippen LogP contribution in [0.15, 0.2) is 35.3 Å². The highest BCUT2D eigenvalue weighted by Crippen LogP contribution is 2.28. The Labute approximate surface area is 129 Å². The molecule has 3 rings (SSSR count). The second kappa shape index (κ2) is 5.62. The lowest BCUT2D eigenvalue weighted by Crippen LogP contribution is -2.42. The molecule has 3 N–H and O–H groups in total. The fourth-order valence-corrected chi connectivity index (χ4v) is 2.69. The molecule has 1 unspecified atom stereocenters. The number of nitrogens with zero attached hydrogens (tertiary/aromatic N) is 1. The molecule has 0 bridgehead atoms. The second-order valence-electron chi connectivity index (χ2n) is 5.58. The van der Waals surface area contributed by atoms with E-state index in [1.165, 1.54) is 6.20 Å². The van der Waals surface area contributed by atoms with Gasteiger partial charge in [0.25, 0.3) is 12.0 Å². The van der Waals surface area contributed by atoms with Crippen LogP contribution >= 0.6 is 0 Å². The van der Waals surface area contributed by atoms with Gasteiger partial charge in [0.05, 0.1) is 12.2 Å². The van der Waals surface area contributed by atoms with Crippen molar-refractivity contribution in [3.05, 3.63) is 40.8 Å². The third-order valence-electron chi connectivity index (χ3n) is 4.03. The molecule has 0 aliphatic carbocycles. The number of anilines is 1. The fourth-order valence-electron chi connectivity index (χ4n) is 2.69. The molecule has 2 heterocycles. The maximum atomic E-state index is 12.8. The number of fused-ring (bicyclic) bond motifs is 1. The number of carbonyl (C=O) groups excluding carboxylic acids is 1. The number of β-amino-alcohol motifs (C(OH)–C–C–N with tert-alkyl or cyclic N) is 1. The fraction of sp³-hybridized carbons (Fsp3) is 0.333. The van der Waals surface area contributed by atoms with Gasteiger partial charge in [-0.3, -0.25) is 4.79 Å². The van der Waals surface area contributed by atoms with E-state index in [0.29, 0.717) is 16.5 Å². The molecule has 1 aliphatic rings. The van der Waals surface area contributed by atoms with E-state index in [9.17, 15) is 23.5 Å². The van der Waals surface area contributed by atoms with Crippen LogP contribution in [-0.4, -0.2) is 46.1 Å². The summed E-state index contributed by atoms with van der Waals surface area (Å²) in [6.07, 6.45) is -1.62. The van der Waals surface area contributed by atoms with Crippen molar-refractivity contribution in [2.45, 2.75) is 18.4 Å². The number of aliphatic hydroxyl groups is 1. The molecule has 0 spiro atoms. The maximum Gasteiger partial charge on any atom is 0.321 e. The van der Waals surface area contributed by atoms with E-state index in [1.54, 1.807) is 24.3 Å². The Hall–Kier alpha value is -2.48. The Bertz CT molecular complexity index is 808. The normalized spacial score (nSPS) is 21.1. The number of carbonyl (C=O) groups is 1. The van der Waals surface area contributed by atoms with Crippen LogP contribution in [0.25, 0.3) is 10.8 Å². The van der Waals surface area contributed by atoms with Gasteiger partial charge in [-0.15, -0.1) is 0 Å². The summed E-state index contributed by atoms with van der Waals surface area (Å²) in [6, 6.07) is 5.91. The highest BCUT2D eigenvalue weighted by atomic mass is 19.3. The van der Waals surface area contributed by atoms with E-state index >= 15 is 0 Å². The number of amides is 2. The predicted octanol–water partition coefficient (Wildman–Crippen LogP) is 1.76. The van der Waals surface area contributed by atoms with Gasteiger partial charge in [0, 0.05) is 29.9 Å². The summed E-state index contributed by atoms with van der Waals surface area (Å²) in [5, 5.41) is 13.3.